The van der Waals surface area contributed by atoms with Gasteiger partial charge in [0.2, 0.25) is 0 Å². The normalized spacial score (nSPS) is 15.0. The van der Waals surface area contributed by atoms with Crippen molar-refractivity contribution in [3.05, 3.63) is 57.9 Å². The zero-order valence-electron chi connectivity index (χ0n) is 12.8. The van der Waals surface area contributed by atoms with Crippen LogP contribution in [-0.2, 0) is 19.5 Å². The van der Waals surface area contributed by atoms with Crippen molar-refractivity contribution in [1.29, 1.82) is 5.41 Å². The van der Waals surface area contributed by atoms with E-state index in [0.29, 0.717) is 17.6 Å². The highest BCUT2D eigenvalue weighted by atomic mass is 32.1. The van der Waals surface area contributed by atoms with Crippen LogP contribution in [-0.4, -0.2) is 28.0 Å². The van der Waals surface area contributed by atoms with Crippen molar-refractivity contribution >= 4 is 21.6 Å². The van der Waals surface area contributed by atoms with Gasteiger partial charge in [0.15, 0.2) is 0 Å². The topological polar surface area (TPSA) is 44.9 Å². The molecule has 0 aliphatic carbocycles. The third-order valence-corrected chi connectivity index (χ3v) is 5.49. The first kappa shape index (κ1) is 14.5. The van der Waals surface area contributed by atoms with Crippen molar-refractivity contribution in [2.75, 3.05) is 13.6 Å². The molecule has 23 heavy (non-hydrogen) atoms. The van der Waals surface area contributed by atoms with Crippen LogP contribution in [0, 0.1) is 11.2 Å². The lowest BCUT2D eigenvalue weighted by atomic mass is 10.1. The maximum Gasteiger partial charge on any atom is 0.136 e. The number of thiophene rings is 1. The van der Waals surface area contributed by atoms with E-state index in [1.807, 2.05) is 6.07 Å². The highest BCUT2D eigenvalue weighted by Gasteiger charge is 2.21. The fraction of sp³-hybridized carbons (Fsp3) is 0.294. The molecule has 1 aliphatic heterocycles. The van der Waals surface area contributed by atoms with E-state index in [-0.39, 0.29) is 5.82 Å². The predicted octanol–water partition coefficient (Wildman–Crippen LogP) is 2.75. The summed E-state index contributed by atoms with van der Waals surface area (Å²) < 4.78 is 15.6. The smallest absolute Gasteiger partial charge is 0.136 e. The van der Waals surface area contributed by atoms with Crippen LogP contribution in [0.5, 0.6) is 0 Å². The van der Waals surface area contributed by atoms with Crippen LogP contribution in [0.1, 0.15) is 16.0 Å². The molecule has 3 heterocycles. The van der Waals surface area contributed by atoms with Gasteiger partial charge in [0.1, 0.15) is 16.1 Å². The van der Waals surface area contributed by atoms with Gasteiger partial charge in [0.05, 0.1) is 18.3 Å². The van der Waals surface area contributed by atoms with E-state index in [1.165, 1.54) is 16.5 Å². The second-order valence-corrected chi connectivity index (χ2v) is 7.07. The molecule has 1 N–H and O–H groups in total. The Morgan fingerprint density at radius 3 is 3.00 bits per heavy atom. The quantitative estimate of drug-likeness (QED) is 0.786. The fourth-order valence-corrected chi connectivity index (χ4v) is 4.37. The Labute approximate surface area is 137 Å². The van der Waals surface area contributed by atoms with Gasteiger partial charge in [0, 0.05) is 23.5 Å². The van der Waals surface area contributed by atoms with Crippen LogP contribution in [0.25, 0.3) is 10.2 Å². The molecule has 6 heteroatoms. The average molecular weight is 328 g/mol. The van der Waals surface area contributed by atoms with Crippen molar-refractivity contribution in [1.82, 2.24) is 14.5 Å². The Balaban J connectivity index is 1.82. The largest absolute Gasteiger partial charge is 0.312 e. The molecule has 118 valence electrons. The van der Waals surface area contributed by atoms with Gasteiger partial charge in [0.25, 0.3) is 0 Å². The molecular formula is C17H17FN4S. The van der Waals surface area contributed by atoms with Gasteiger partial charge >= 0.3 is 0 Å². The molecule has 0 saturated heterocycles. The zero-order valence-corrected chi connectivity index (χ0v) is 13.7. The van der Waals surface area contributed by atoms with Crippen LogP contribution >= 0.6 is 11.3 Å². The monoisotopic (exact) mass is 328 g/mol. The molecule has 3 aromatic rings. The number of benzene rings is 1. The van der Waals surface area contributed by atoms with E-state index in [9.17, 15) is 4.39 Å². The number of nitrogens with one attached hydrogen (secondary N) is 1. The molecule has 0 saturated carbocycles. The molecule has 0 unspecified atom stereocenters. The first-order valence-corrected chi connectivity index (χ1v) is 8.41. The summed E-state index contributed by atoms with van der Waals surface area (Å²) in [4.78, 5) is 9.03. The number of halogens is 1. The van der Waals surface area contributed by atoms with E-state index >= 15 is 0 Å². The Morgan fingerprint density at radius 2 is 2.17 bits per heavy atom. The zero-order chi connectivity index (χ0) is 16.0. The fourth-order valence-electron chi connectivity index (χ4n) is 3.11. The molecule has 4 rings (SSSR count). The minimum absolute atomic E-state index is 0.242. The molecule has 0 radical (unpaired) electrons. The Morgan fingerprint density at radius 1 is 1.35 bits per heavy atom. The summed E-state index contributed by atoms with van der Waals surface area (Å²) in [5.74, 6) is -0.242. The van der Waals surface area contributed by atoms with Crippen molar-refractivity contribution in [3.63, 3.8) is 0 Å². The van der Waals surface area contributed by atoms with Crippen molar-refractivity contribution < 1.29 is 4.39 Å². The first-order chi connectivity index (χ1) is 11.1. The molecule has 0 amide bonds. The number of rotatable bonds is 2. The summed E-state index contributed by atoms with van der Waals surface area (Å²) in [5, 5.41) is 9.50. The lowest BCUT2D eigenvalue weighted by molar-refractivity contribution is 0.318. The highest BCUT2D eigenvalue weighted by molar-refractivity contribution is 7.18. The lowest BCUT2D eigenvalue weighted by Gasteiger charge is -2.22. The minimum Gasteiger partial charge on any atom is -0.312 e. The number of aromatic nitrogens is 2. The molecule has 0 atom stereocenters. The van der Waals surface area contributed by atoms with Gasteiger partial charge in [-0.1, -0.05) is 18.2 Å². The van der Waals surface area contributed by atoms with Gasteiger partial charge in [-0.3, -0.25) is 5.41 Å². The van der Waals surface area contributed by atoms with E-state index in [1.54, 1.807) is 34.4 Å². The Kier molecular flexibility index (Phi) is 3.50. The number of hydrogen-bond acceptors (Lipinski definition) is 4. The summed E-state index contributed by atoms with van der Waals surface area (Å²) in [6.07, 6.45) is 2.60. The highest BCUT2D eigenvalue weighted by Crippen LogP contribution is 2.31. The molecule has 4 nitrogen and oxygen atoms in total. The lowest BCUT2D eigenvalue weighted by Crippen LogP contribution is -2.27. The van der Waals surface area contributed by atoms with Crippen LogP contribution in [0.3, 0.4) is 0 Å². The third-order valence-electron chi connectivity index (χ3n) is 4.37. The van der Waals surface area contributed by atoms with Crippen LogP contribution < -0.4 is 5.49 Å². The summed E-state index contributed by atoms with van der Waals surface area (Å²) >= 11 is 1.68. The third kappa shape index (κ3) is 2.48. The van der Waals surface area contributed by atoms with Gasteiger partial charge in [-0.15, -0.1) is 11.3 Å². The molecular weight excluding hydrogens is 311 g/mol. The molecule has 0 fully saturated rings. The minimum atomic E-state index is -0.242. The van der Waals surface area contributed by atoms with E-state index < -0.39 is 0 Å². The number of nitrogens with zero attached hydrogens (tertiary/aromatic N) is 3. The van der Waals surface area contributed by atoms with Gasteiger partial charge in [-0.05, 0) is 25.1 Å². The molecule has 0 spiro atoms. The van der Waals surface area contributed by atoms with Crippen molar-refractivity contribution in [2.45, 2.75) is 19.5 Å². The van der Waals surface area contributed by atoms with Gasteiger partial charge < -0.3 is 9.47 Å². The van der Waals surface area contributed by atoms with Gasteiger partial charge in [-0.2, -0.15) is 0 Å². The Hall–Kier alpha value is -2.05. The summed E-state index contributed by atoms with van der Waals surface area (Å²) in [7, 11) is 2.11. The second-order valence-electron chi connectivity index (χ2n) is 5.98. The van der Waals surface area contributed by atoms with Crippen LogP contribution in [0.4, 0.5) is 4.39 Å². The number of fused-ring (bicyclic) bond motifs is 3. The number of hydrogen-bond donors (Lipinski definition) is 1. The molecule has 1 aromatic carbocycles. The maximum absolute atomic E-state index is 13.9. The maximum atomic E-state index is 13.9. The first-order valence-electron chi connectivity index (χ1n) is 7.59. The van der Waals surface area contributed by atoms with E-state index in [0.717, 1.165) is 29.7 Å². The molecule has 1 aliphatic rings. The van der Waals surface area contributed by atoms with Crippen molar-refractivity contribution in [2.24, 2.45) is 0 Å². The van der Waals surface area contributed by atoms with E-state index in [2.05, 4.69) is 16.9 Å². The predicted molar refractivity (Wildman–Crippen MR) is 89.0 cm³/mol. The van der Waals surface area contributed by atoms with Gasteiger partial charge in [-0.25, -0.2) is 9.37 Å². The summed E-state index contributed by atoms with van der Waals surface area (Å²) in [5.41, 5.74) is 2.26. The summed E-state index contributed by atoms with van der Waals surface area (Å²) in [6, 6.07) is 6.70. The SMILES string of the molecule is CN1CCc2c(sc3ncn(Cc4ccccc4F)c(=N)c23)C1. The standard InChI is InChI=1S/C17H17FN4S/c1-21-7-6-12-14(9-21)23-17-15(12)16(19)22(10-20-17)8-11-4-2-3-5-13(11)18/h2-5,10,19H,6-9H2,1H3. The average Bonchev–Trinajstić information content (AvgIpc) is 2.90. The van der Waals surface area contributed by atoms with E-state index in [4.69, 9.17) is 5.41 Å². The van der Waals surface area contributed by atoms with Crippen LogP contribution in [0.2, 0.25) is 0 Å². The van der Waals surface area contributed by atoms with Crippen molar-refractivity contribution in [3.8, 4) is 0 Å². The van der Waals surface area contributed by atoms with Crippen LogP contribution in [0.15, 0.2) is 30.6 Å². The second kappa shape index (κ2) is 5.54. The Bertz CT molecular complexity index is 943. The number of likely N-dealkylation sites (N-methyl/N-ethyl adjacent to an activating group) is 1. The molecule has 0 bridgehead atoms. The molecule has 2 aromatic heterocycles. The summed E-state index contributed by atoms with van der Waals surface area (Å²) in [6.45, 7) is 2.25.